The van der Waals surface area contributed by atoms with Crippen molar-refractivity contribution in [3.63, 3.8) is 0 Å². The lowest BCUT2D eigenvalue weighted by atomic mass is 10.2. The quantitative estimate of drug-likeness (QED) is 0.883. The fourth-order valence-corrected chi connectivity index (χ4v) is 2.57. The molecule has 2 heterocycles. The summed E-state index contributed by atoms with van der Waals surface area (Å²) in [7, 11) is 0. The zero-order valence-corrected chi connectivity index (χ0v) is 13.5. The van der Waals surface area contributed by atoms with E-state index < -0.39 is 5.82 Å². The van der Waals surface area contributed by atoms with Crippen molar-refractivity contribution in [2.75, 3.05) is 23.8 Å². The Morgan fingerprint density at radius 3 is 2.92 bits per heavy atom. The molecule has 2 aromatic rings. The number of hydrogen-bond donors (Lipinski definition) is 2. The molecule has 0 spiro atoms. The Bertz CT molecular complexity index is 713. The van der Waals surface area contributed by atoms with E-state index in [1.54, 1.807) is 24.3 Å². The van der Waals surface area contributed by atoms with Crippen LogP contribution in [-0.4, -0.2) is 30.1 Å². The number of benzene rings is 1. The molecule has 24 heavy (non-hydrogen) atoms. The summed E-state index contributed by atoms with van der Waals surface area (Å²) in [5.41, 5.74) is 2.07. The summed E-state index contributed by atoms with van der Waals surface area (Å²) in [6.07, 6.45) is 3.68. The summed E-state index contributed by atoms with van der Waals surface area (Å²) >= 11 is 0. The van der Waals surface area contributed by atoms with Crippen molar-refractivity contribution in [2.45, 2.75) is 25.9 Å². The molecule has 1 saturated heterocycles. The van der Waals surface area contributed by atoms with Crippen LogP contribution in [0.4, 0.5) is 15.8 Å². The minimum atomic E-state index is -0.409. The molecule has 1 aliphatic heterocycles. The third kappa shape index (κ3) is 4.08. The van der Waals surface area contributed by atoms with Crippen molar-refractivity contribution in [2.24, 2.45) is 0 Å². The van der Waals surface area contributed by atoms with E-state index in [1.807, 2.05) is 6.92 Å². The molecule has 1 fully saturated rings. The van der Waals surface area contributed by atoms with Crippen molar-refractivity contribution in [1.82, 2.24) is 4.98 Å². The van der Waals surface area contributed by atoms with Crippen molar-refractivity contribution in [3.05, 3.63) is 53.6 Å². The third-order valence-corrected chi connectivity index (χ3v) is 3.94. The van der Waals surface area contributed by atoms with E-state index in [0.29, 0.717) is 23.5 Å². The molecule has 0 radical (unpaired) electrons. The number of aromatic nitrogens is 1. The first kappa shape index (κ1) is 16.4. The van der Waals surface area contributed by atoms with Gasteiger partial charge in [0.1, 0.15) is 5.82 Å². The first-order valence-electron chi connectivity index (χ1n) is 8.01. The Morgan fingerprint density at radius 1 is 1.38 bits per heavy atom. The number of nitrogens with zero attached hydrogens (tertiary/aromatic N) is 1. The number of halogens is 1. The van der Waals surface area contributed by atoms with Crippen molar-refractivity contribution >= 4 is 17.3 Å². The maximum atomic E-state index is 14.2. The first-order chi connectivity index (χ1) is 11.6. The standard InChI is InChI=1S/C18H20FN3O2/c1-12-4-5-13(10-20-12)18(23)22-14-6-7-17(16(19)9-14)21-11-15-3-2-8-24-15/h4-7,9-10,15,21H,2-3,8,11H2,1H3,(H,22,23). The van der Waals surface area contributed by atoms with Gasteiger partial charge in [0, 0.05) is 30.7 Å². The summed E-state index contributed by atoms with van der Waals surface area (Å²) in [5.74, 6) is -0.727. The highest BCUT2D eigenvalue weighted by atomic mass is 19.1. The number of pyridine rings is 1. The lowest BCUT2D eigenvalue weighted by molar-refractivity contribution is 0.102. The number of rotatable bonds is 5. The molecule has 3 rings (SSSR count). The first-order valence-corrected chi connectivity index (χ1v) is 8.01. The molecular formula is C18H20FN3O2. The van der Waals surface area contributed by atoms with Crippen molar-refractivity contribution in [3.8, 4) is 0 Å². The summed E-state index contributed by atoms with van der Waals surface area (Å²) in [4.78, 5) is 16.2. The number of anilines is 2. The number of carbonyl (C=O) groups excluding carboxylic acids is 1. The average Bonchev–Trinajstić information content (AvgIpc) is 3.08. The molecule has 126 valence electrons. The number of carbonyl (C=O) groups is 1. The monoisotopic (exact) mass is 329 g/mol. The van der Waals surface area contributed by atoms with Gasteiger partial charge in [-0.2, -0.15) is 0 Å². The van der Waals surface area contributed by atoms with Crippen LogP contribution in [0.15, 0.2) is 36.5 Å². The van der Waals surface area contributed by atoms with Gasteiger partial charge in [0.15, 0.2) is 0 Å². The zero-order chi connectivity index (χ0) is 16.9. The summed E-state index contributed by atoms with van der Waals surface area (Å²) in [5, 5.41) is 5.72. The van der Waals surface area contributed by atoms with Gasteiger partial charge in [-0.05, 0) is 50.1 Å². The molecule has 1 aromatic carbocycles. The highest BCUT2D eigenvalue weighted by Crippen LogP contribution is 2.21. The minimum absolute atomic E-state index is 0.137. The molecular weight excluding hydrogens is 309 g/mol. The summed E-state index contributed by atoms with van der Waals surface area (Å²) in [6, 6.07) is 8.03. The highest BCUT2D eigenvalue weighted by Gasteiger charge is 2.16. The predicted octanol–water partition coefficient (Wildman–Crippen LogP) is 3.37. The van der Waals surface area contributed by atoms with Gasteiger partial charge < -0.3 is 15.4 Å². The molecule has 1 aromatic heterocycles. The Hall–Kier alpha value is -2.47. The van der Waals surface area contributed by atoms with E-state index in [-0.39, 0.29) is 12.0 Å². The van der Waals surface area contributed by atoms with E-state index >= 15 is 0 Å². The van der Waals surface area contributed by atoms with Crippen LogP contribution in [0, 0.1) is 12.7 Å². The topological polar surface area (TPSA) is 63.2 Å². The van der Waals surface area contributed by atoms with Crippen molar-refractivity contribution in [1.29, 1.82) is 0 Å². The molecule has 0 aliphatic carbocycles. The van der Waals surface area contributed by atoms with Crippen LogP contribution in [-0.2, 0) is 4.74 Å². The molecule has 1 amide bonds. The lowest BCUT2D eigenvalue weighted by Crippen LogP contribution is -2.19. The largest absolute Gasteiger partial charge is 0.380 e. The summed E-state index contributed by atoms with van der Waals surface area (Å²) in [6.45, 7) is 3.20. The Kier molecular flexibility index (Phi) is 5.05. The smallest absolute Gasteiger partial charge is 0.257 e. The molecule has 1 aliphatic rings. The number of nitrogens with one attached hydrogen (secondary N) is 2. The molecule has 2 N–H and O–H groups in total. The second-order valence-corrected chi connectivity index (χ2v) is 5.85. The van der Waals surface area contributed by atoms with E-state index in [2.05, 4.69) is 15.6 Å². The average molecular weight is 329 g/mol. The van der Waals surface area contributed by atoms with Crippen LogP contribution < -0.4 is 10.6 Å². The molecule has 1 unspecified atom stereocenters. The van der Waals surface area contributed by atoms with Crippen LogP contribution in [0.1, 0.15) is 28.9 Å². The van der Waals surface area contributed by atoms with E-state index in [4.69, 9.17) is 4.74 Å². The number of amides is 1. The molecule has 5 nitrogen and oxygen atoms in total. The van der Waals surface area contributed by atoms with Crippen LogP contribution in [0.3, 0.4) is 0 Å². The minimum Gasteiger partial charge on any atom is -0.380 e. The van der Waals surface area contributed by atoms with E-state index in [9.17, 15) is 9.18 Å². The van der Waals surface area contributed by atoms with Gasteiger partial charge in [-0.3, -0.25) is 9.78 Å². The van der Waals surface area contributed by atoms with Crippen molar-refractivity contribution < 1.29 is 13.9 Å². The van der Waals surface area contributed by atoms with Gasteiger partial charge in [-0.25, -0.2) is 4.39 Å². The third-order valence-electron chi connectivity index (χ3n) is 3.94. The van der Waals surface area contributed by atoms with Gasteiger partial charge in [0.25, 0.3) is 5.91 Å². The molecule has 0 saturated carbocycles. The van der Waals surface area contributed by atoms with Gasteiger partial charge in [-0.15, -0.1) is 0 Å². The number of ether oxygens (including phenoxy) is 1. The second kappa shape index (κ2) is 7.40. The fourth-order valence-electron chi connectivity index (χ4n) is 2.57. The van der Waals surface area contributed by atoms with Crippen LogP contribution in [0.5, 0.6) is 0 Å². The number of hydrogen-bond acceptors (Lipinski definition) is 4. The van der Waals surface area contributed by atoms with Crippen LogP contribution in [0.25, 0.3) is 0 Å². The van der Waals surface area contributed by atoms with Gasteiger partial charge in [0.05, 0.1) is 17.4 Å². The fraction of sp³-hybridized carbons (Fsp3) is 0.333. The second-order valence-electron chi connectivity index (χ2n) is 5.85. The molecule has 0 bridgehead atoms. The van der Waals surface area contributed by atoms with E-state index in [1.165, 1.54) is 12.3 Å². The maximum Gasteiger partial charge on any atom is 0.257 e. The lowest BCUT2D eigenvalue weighted by Gasteiger charge is -2.13. The number of aryl methyl sites for hydroxylation is 1. The molecule has 1 atom stereocenters. The molecule has 6 heteroatoms. The van der Waals surface area contributed by atoms with Gasteiger partial charge >= 0.3 is 0 Å². The van der Waals surface area contributed by atoms with E-state index in [0.717, 1.165) is 25.1 Å². The Morgan fingerprint density at radius 2 is 2.25 bits per heavy atom. The highest BCUT2D eigenvalue weighted by molar-refractivity contribution is 6.04. The SMILES string of the molecule is Cc1ccc(C(=O)Nc2ccc(NCC3CCCO3)c(F)c2)cn1. The summed E-state index contributed by atoms with van der Waals surface area (Å²) < 4.78 is 19.7. The predicted molar refractivity (Wildman–Crippen MR) is 90.8 cm³/mol. The Balaban J connectivity index is 1.61. The maximum absolute atomic E-state index is 14.2. The van der Waals surface area contributed by atoms with Crippen LogP contribution in [0.2, 0.25) is 0 Å². The zero-order valence-electron chi connectivity index (χ0n) is 13.5. The van der Waals surface area contributed by atoms with Gasteiger partial charge in [0.2, 0.25) is 0 Å². The Labute approximate surface area is 140 Å². The van der Waals surface area contributed by atoms with Gasteiger partial charge in [-0.1, -0.05) is 0 Å². The normalized spacial score (nSPS) is 16.8. The van der Waals surface area contributed by atoms with Crippen LogP contribution >= 0.6 is 0 Å².